The fourth-order valence-corrected chi connectivity index (χ4v) is 1.39. The highest BCUT2D eigenvalue weighted by Gasteiger charge is 2.14. The molecule has 0 aliphatic rings. The first-order valence-electron chi connectivity index (χ1n) is 5.42. The van der Waals surface area contributed by atoms with Crippen LogP contribution in [0.4, 0.5) is 5.95 Å². The van der Waals surface area contributed by atoms with Crippen LogP contribution in [0.3, 0.4) is 0 Å². The van der Waals surface area contributed by atoms with Gasteiger partial charge in [-0.3, -0.25) is 4.79 Å². The van der Waals surface area contributed by atoms with Crippen molar-refractivity contribution in [1.29, 1.82) is 0 Å². The minimum atomic E-state index is -0.949. The van der Waals surface area contributed by atoms with E-state index < -0.39 is 5.97 Å². The van der Waals surface area contributed by atoms with Gasteiger partial charge in [0.05, 0.1) is 13.7 Å². The Bertz CT molecular complexity index is 411. The molecule has 7 nitrogen and oxygen atoms in total. The quantitative estimate of drug-likeness (QED) is 0.751. The van der Waals surface area contributed by atoms with Crippen molar-refractivity contribution in [2.24, 2.45) is 0 Å². The van der Waals surface area contributed by atoms with Crippen LogP contribution in [0.25, 0.3) is 0 Å². The molecule has 1 rings (SSSR count). The van der Waals surface area contributed by atoms with Crippen molar-refractivity contribution in [3.63, 3.8) is 0 Å². The lowest BCUT2D eigenvalue weighted by molar-refractivity contribution is -0.135. The first-order chi connectivity index (χ1) is 8.56. The average Bonchev–Trinajstić information content (AvgIpc) is 2.33. The molecular weight excluding hydrogens is 238 g/mol. The fourth-order valence-electron chi connectivity index (χ4n) is 1.39. The largest absolute Gasteiger partial charge is 0.481 e. The van der Waals surface area contributed by atoms with Gasteiger partial charge in [0.2, 0.25) is 11.8 Å². The second kappa shape index (κ2) is 6.75. The van der Waals surface area contributed by atoms with E-state index in [0.29, 0.717) is 30.7 Å². The fraction of sp³-hybridized carbons (Fsp3) is 0.545. The van der Waals surface area contributed by atoms with E-state index in [2.05, 4.69) is 9.97 Å². The minimum Gasteiger partial charge on any atom is -0.481 e. The Kier molecular flexibility index (Phi) is 5.31. The van der Waals surface area contributed by atoms with E-state index in [-0.39, 0.29) is 6.54 Å². The molecule has 0 spiro atoms. The highest BCUT2D eigenvalue weighted by atomic mass is 16.5. The summed E-state index contributed by atoms with van der Waals surface area (Å²) in [6.07, 6.45) is 0. The lowest BCUT2D eigenvalue weighted by Gasteiger charge is -2.20. The van der Waals surface area contributed by atoms with E-state index in [1.165, 1.54) is 12.0 Å². The highest BCUT2D eigenvalue weighted by Crippen LogP contribution is 2.14. The Morgan fingerprint density at radius 1 is 1.44 bits per heavy atom. The van der Waals surface area contributed by atoms with E-state index in [9.17, 15) is 4.79 Å². The third-order valence-electron chi connectivity index (χ3n) is 2.20. The van der Waals surface area contributed by atoms with Gasteiger partial charge in [-0.15, -0.1) is 0 Å². The molecule has 0 saturated carbocycles. The first-order valence-corrected chi connectivity index (χ1v) is 5.42. The third-order valence-corrected chi connectivity index (χ3v) is 2.20. The molecule has 0 atom stereocenters. The summed E-state index contributed by atoms with van der Waals surface area (Å²) in [5.41, 5.74) is 0.713. The zero-order valence-electron chi connectivity index (χ0n) is 10.7. The summed E-state index contributed by atoms with van der Waals surface area (Å²) in [7, 11) is 3.05. The molecule has 7 heteroatoms. The number of aryl methyl sites for hydroxylation is 1. The summed E-state index contributed by atoms with van der Waals surface area (Å²) in [5.74, 6) is -0.216. The van der Waals surface area contributed by atoms with Crippen molar-refractivity contribution in [1.82, 2.24) is 9.97 Å². The second-order valence-corrected chi connectivity index (χ2v) is 3.66. The molecular formula is C11H17N3O4. The number of rotatable bonds is 7. The van der Waals surface area contributed by atoms with Crippen LogP contribution < -0.4 is 9.64 Å². The summed E-state index contributed by atoms with van der Waals surface area (Å²) in [5, 5.41) is 8.87. The molecule has 18 heavy (non-hydrogen) atoms. The van der Waals surface area contributed by atoms with Gasteiger partial charge in [0.1, 0.15) is 6.54 Å². The van der Waals surface area contributed by atoms with Gasteiger partial charge in [-0.05, 0) is 6.92 Å². The van der Waals surface area contributed by atoms with Crippen LogP contribution in [0.1, 0.15) is 5.69 Å². The highest BCUT2D eigenvalue weighted by molar-refractivity contribution is 5.72. The monoisotopic (exact) mass is 255 g/mol. The average molecular weight is 255 g/mol. The predicted molar refractivity (Wildman–Crippen MR) is 65.0 cm³/mol. The normalized spacial score (nSPS) is 10.2. The van der Waals surface area contributed by atoms with Gasteiger partial charge in [0.25, 0.3) is 0 Å². The Labute approximate surface area is 105 Å². The maximum Gasteiger partial charge on any atom is 0.323 e. The lowest BCUT2D eigenvalue weighted by Crippen LogP contribution is -2.34. The van der Waals surface area contributed by atoms with E-state index in [1.54, 1.807) is 20.1 Å². The van der Waals surface area contributed by atoms with Crippen LogP contribution >= 0.6 is 0 Å². The maximum absolute atomic E-state index is 10.8. The number of methoxy groups -OCH3 is 2. The molecule has 1 aromatic rings. The SMILES string of the molecule is COCCN(CC(=O)O)c1nc(C)cc(OC)n1. The molecule has 0 radical (unpaired) electrons. The van der Waals surface area contributed by atoms with Crippen LogP contribution in [0.5, 0.6) is 5.88 Å². The Balaban J connectivity index is 2.95. The smallest absolute Gasteiger partial charge is 0.323 e. The number of ether oxygens (including phenoxy) is 2. The molecule has 1 N–H and O–H groups in total. The Hall–Kier alpha value is -1.89. The van der Waals surface area contributed by atoms with Gasteiger partial charge in [0.15, 0.2) is 0 Å². The number of aliphatic carboxylic acids is 1. The van der Waals surface area contributed by atoms with E-state index in [0.717, 1.165) is 0 Å². The molecule has 0 saturated heterocycles. The molecule has 0 amide bonds. The van der Waals surface area contributed by atoms with Gasteiger partial charge in [0, 0.05) is 25.4 Å². The molecule has 0 bridgehead atoms. The van der Waals surface area contributed by atoms with Crippen molar-refractivity contribution < 1.29 is 19.4 Å². The number of nitrogens with zero attached hydrogens (tertiary/aromatic N) is 3. The molecule has 0 fully saturated rings. The van der Waals surface area contributed by atoms with Crippen LogP contribution in [0, 0.1) is 6.92 Å². The predicted octanol–water partition coefficient (Wildman–Crippen LogP) is 0.331. The topological polar surface area (TPSA) is 84.8 Å². The Morgan fingerprint density at radius 3 is 2.72 bits per heavy atom. The minimum absolute atomic E-state index is 0.185. The van der Waals surface area contributed by atoms with Gasteiger partial charge in [-0.1, -0.05) is 0 Å². The van der Waals surface area contributed by atoms with Crippen molar-refractivity contribution in [3.05, 3.63) is 11.8 Å². The molecule has 100 valence electrons. The van der Waals surface area contributed by atoms with Crippen molar-refractivity contribution in [3.8, 4) is 5.88 Å². The zero-order valence-corrected chi connectivity index (χ0v) is 10.7. The number of hydrogen-bond acceptors (Lipinski definition) is 6. The Morgan fingerprint density at radius 2 is 2.17 bits per heavy atom. The number of hydrogen-bond donors (Lipinski definition) is 1. The van der Waals surface area contributed by atoms with Crippen molar-refractivity contribution in [2.75, 3.05) is 38.8 Å². The number of carboxylic acids is 1. The van der Waals surface area contributed by atoms with Gasteiger partial charge >= 0.3 is 5.97 Å². The molecule has 0 aliphatic carbocycles. The maximum atomic E-state index is 10.8. The van der Waals surface area contributed by atoms with Gasteiger partial charge < -0.3 is 19.5 Å². The standard InChI is InChI=1S/C11H17N3O4/c1-8-6-9(18-3)13-11(12-8)14(4-5-17-2)7-10(15)16/h6H,4-5,7H2,1-3H3,(H,15,16). The van der Waals surface area contributed by atoms with Gasteiger partial charge in [-0.25, -0.2) is 4.98 Å². The number of carboxylic acid groups (broad SMARTS) is 1. The first kappa shape index (κ1) is 14.2. The summed E-state index contributed by atoms with van der Waals surface area (Å²) in [4.78, 5) is 20.7. The van der Waals surface area contributed by atoms with Crippen LogP contribution in [-0.2, 0) is 9.53 Å². The number of carbonyl (C=O) groups is 1. The van der Waals surface area contributed by atoms with E-state index in [1.807, 2.05) is 0 Å². The molecule has 0 unspecified atom stereocenters. The number of anilines is 1. The van der Waals surface area contributed by atoms with E-state index in [4.69, 9.17) is 14.6 Å². The lowest BCUT2D eigenvalue weighted by atomic mass is 10.4. The molecule has 1 aromatic heterocycles. The summed E-state index contributed by atoms with van der Waals surface area (Å²) in [6.45, 7) is 2.40. The van der Waals surface area contributed by atoms with E-state index >= 15 is 0 Å². The molecule has 0 aliphatic heterocycles. The molecule has 1 heterocycles. The zero-order chi connectivity index (χ0) is 13.5. The van der Waals surface area contributed by atoms with Gasteiger partial charge in [-0.2, -0.15) is 4.98 Å². The molecule has 0 aromatic carbocycles. The van der Waals surface area contributed by atoms with Crippen LogP contribution in [-0.4, -0.2) is 55.0 Å². The number of aromatic nitrogens is 2. The van der Waals surface area contributed by atoms with Crippen molar-refractivity contribution >= 4 is 11.9 Å². The van der Waals surface area contributed by atoms with Crippen molar-refractivity contribution in [2.45, 2.75) is 6.92 Å². The second-order valence-electron chi connectivity index (χ2n) is 3.66. The summed E-state index contributed by atoms with van der Waals surface area (Å²) in [6, 6.07) is 1.68. The van der Waals surface area contributed by atoms with Crippen LogP contribution in [0.2, 0.25) is 0 Å². The summed E-state index contributed by atoms with van der Waals surface area (Å²) < 4.78 is 9.98. The van der Waals surface area contributed by atoms with Crippen LogP contribution in [0.15, 0.2) is 6.07 Å². The third kappa shape index (κ3) is 4.17. The summed E-state index contributed by atoms with van der Waals surface area (Å²) >= 11 is 0.